The summed E-state index contributed by atoms with van der Waals surface area (Å²) in [6, 6.07) is 9.26. The molecule has 2 heterocycles. The van der Waals surface area contributed by atoms with Gasteiger partial charge in [-0.1, -0.05) is 18.2 Å². The lowest BCUT2D eigenvalue weighted by atomic mass is 10.0. The molecule has 1 N–H and O–H groups in total. The standard InChI is InChI=1S/C17H21N3O3/c1-12-14(10-18-20(12)2)17-15(8-9-22-17)19-16(21)11-23-13-6-4-3-5-7-13/h3-7,10,15,17H,8-9,11H2,1-2H3,(H,19,21)/t15-,17+/m0/s1. The Balaban J connectivity index is 1.58. The van der Waals surface area contributed by atoms with E-state index in [-0.39, 0.29) is 24.7 Å². The average Bonchev–Trinajstić information content (AvgIpc) is 3.14. The Morgan fingerprint density at radius 2 is 2.22 bits per heavy atom. The van der Waals surface area contributed by atoms with Gasteiger partial charge in [-0.3, -0.25) is 9.48 Å². The fourth-order valence-electron chi connectivity index (χ4n) is 2.75. The smallest absolute Gasteiger partial charge is 0.258 e. The molecule has 0 saturated carbocycles. The first-order chi connectivity index (χ1) is 11.1. The van der Waals surface area contributed by atoms with Crippen LogP contribution in [-0.2, 0) is 16.6 Å². The van der Waals surface area contributed by atoms with Crippen LogP contribution in [0.4, 0.5) is 0 Å². The van der Waals surface area contributed by atoms with Crippen LogP contribution in [0.15, 0.2) is 36.5 Å². The largest absolute Gasteiger partial charge is 0.484 e. The van der Waals surface area contributed by atoms with Gasteiger partial charge in [0.25, 0.3) is 5.91 Å². The summed E-state index contributed by atoms with van der Waals surface area (Å²) in [6.07, 6.45) is 2.45. The highest BCUT2D eigenvalue weighted by atomic mass is 16.5. The number of amides is 1. The minimum Gasteiger partial charge on any atom is -0.484 e. The van der Waals surface area contributed by atoms with Crippen molar-refractivity contribution in [1.82, 2.24) is 15.1 Å². The van der Waals surface area contributed by atoms with Gasteiger partial charge in [0, 0.05) is 24.9 Å². The zero-order valence-electron chi connectivity index (χ0n) is 13.4. The summed E-state index contributed by atoms with van der Waals surface area (Å²) in [5.41, 5.74) is 2.08. The second kappa shape index (κ2) is 6.83. The van der Waals surface area contributed by atoms with Crippen molar-refractivity contribution in [2.24, 2.45) is 7.05 Å². The molecule has 1 aromatic heterocycles. The molecule has 23 heavy (non-hydrogen) atoms. The maximum atomic E-state index is 12.1. The molecule has 2 atom stereocenters. The quantitative estimate of drug-likeness (QED) is 0.913. The topological polar surface area (TPSA) is 65.4 Å². The van der Waals surface area contributed by atoms with Crippen LogP contribution in [0.25, 0.3) is 0 Å². The molecule has 2 aromatic rings. The highest BCUT2D eigenvalue weighted by Crippen LogP contribution is 2.30. The summed E-state index contributed by atoms with van der Waals surface area (Å²) in [4.78, 5) is 12.1. The molecule has 0 unspecified atom stereocenters. The number of carbonyl (C=O) groups is 1. The summed E-state index contributed by atoms with van der Waals surface area (Å²) in [6.45, 7) is 2.63. The number of hydrogen-bond donors (Lipinski definition) is 1. The van der Waals surface area contributed by atoms with Gasteiger partial charge in [-0.2, -0.15) is 5.10 Å². The second-order valence-corrected chi connectivity index (χ2v) is 5.66. The summed E-state index contributed by atoms with van der Waals surface area (Å²) in [5, 5.41) is 7.26. The number of ether oxygens (including phenoxy) is 2. The minimum atomic E-state index is -0.149. The molecule has 0 aliphatic carbocycles. The molecule has 1 saturated heterocycles. The van der Waals surface area contributed by atoms with Gasteiger partial charge < -0.3 is 14.8 Å². The van der Waals surface area contributed by atoms with E-state index in [0.29, 0.717) is 12.4 Å². The SMILES string of the molecule is Cc1c([C@H]2OCC[C@@H]2NC(=O)COc2ccccc2)cnn1C. The molecule has 3 rings (SSSR count). The molecule has 1 aromatic carbocycles. The Morgan fingerprint density at radius 1 is 1.43 bits per heavy atom. The number of hydrogen-bond acceptors (Lipinski definition) is 4. The average molecular weight is 315 g/mol. The van der Waals surface area contributed by atoms with E-state index in [4.69, 9.17) is 9.47 Å². The third kappa shape index (κ3) is 3.53. The van der Waals surface area contributed by atoms with Crippen LogP contribution in [0.1, 0.15) is 23.8 Å². The van der Waals surface area contributed by atoms with E-state index < -0.39 is 0 Å². The lowest BCUT2D eigenvalue weighted by molar-refractivity contribution is -0.124. The van der Waals surface area contributed by atoms with Crippen LogP contribution in [0, 0.1) is 6.92 Å². The van der Waals surface area contributed by atoms with Crippen molar-refractivity contribution in [2.45, 2.75) is 25.5 Å². The monoisotopic (exact) mass is 315 g/mol. The van der Waals surface area contributed by atoms with E-state index in [1.165, 1.54) is 0 Å². The van der Waals surface area contributed by atoms with Gasteiger partial charge in [0.05, 0.1) is 12.2 Å². The van der Waals surface area contributed by atoms with Gasteiger partial charge in [-0.15, -0.1) is 0 Å². The first kappa shape index (κ1) is 15.6. The van der Waals surface area contributed by atoms with Crippen molar-refractivity contribution in [3.05, 3.63) is 47.8 Å². The summed E-state index contributed by atoms with van der Waals surface area (Å²) >= 11 is 0. The van der Waals surface area contributed by atoms with Crippen molar-refractivity contribution in [3.63, 3.8) is 0 Å². The maximum Gasteiger partial charge on any atom is 0.258 e. The molecule has 6 heteroatoms. The number of nitrogens with one attached hydrogen (secondary N) is 1. The molecule has 1 fully saturated rings. The molecule has 0 radical (unpaired) electrons. The number of nitrogens with zero attached hydrogens (tertiary/aromatic N) is 2. The molecular formula is C17H21N3O3. The van der Waals surface area contributed by atoms with E-state index in [0.717, 1.165) is 17.7 Å². The first-order valence-electron chi connectivity index (χ1n) is 7.72. The fraction of sp³-hybridized carbons (Fsp3) is 0.412. The fourth-order valence-corrected chi connectivity index (χ4v) is 2.75. The Hall–Kier alpha value is -2.34. The van der Waals surface area contributed by atoms with Gasteiger partial charge in [0.2, 0.25) is 0 Å². The third-order valence-corrected chi connectivity index (χ3v) is 4.13. The highest BCUT2D eigenvalue weighted by Gasteiger charge is 2.33. The summed E-state index contributed by atoms with van der Waals surface area (Å²) in [7, 11) is 1.90. The zero-order valence-corrected chi connectivity index (χ0v) is 13.4. The van der Waals surface area contributed by atoms with Gasteiger partial charge in [-0.25, -0.2) is 0 Å². The molecule has 122 valence electrons. The molecule has 6 nitrogen and oxygen atoms in total. The number of aryl methyl sites for hydroxylation is 1. The van der Waals surface area contributed by atoms with Crippen LogP contribution in [0.5, 0.6) is 5.75 Å². The molecule has 1 aliphatic rings. The van der Waals surface area contributed by atoms with E-state index in [9.17, 15) is 4.79 Å². The zero-order chi connectivity index (χ0) is 16.2. The minimum absolute atomic E-state index is 0.000739. The molecule has 1 aliphatic heterocycles. The van der Waals surface area contributed by atoms with Crippen LogP contribution in [0.2, 0.25) is 0 Å². The van der Waals surface area contributed by atoms with Crippen molar-refractivity contribution in [2.75, 3.05) is 13.2 Å². The maximum absolute atomic E-state index is 12.1. The first-order valence-corrected chi connectivity index (χ1v) is 7.72. The number of aromatic nitrogens is 2. The normalized spacial score (nSPS) is 20.4. The second-order valence-electron chi connectivity index (χ2n) is 5.66. The molecule has 0 bridgehead atoms. The lowest BCUT2D eigenvalue weighted by Crippen LogP contribution is -2.39. The lowest BCUT2D eigenvalue weighted by Gasteiger charge is -2.20. The number of rotatable bonds is 5. The van der Waals surface area contributed by atoms with Gasteiger partial charge in [0.15, 0.2) is 6.61 Å². The van der Waals surface area contributed by atoms with Crippen LogP contribution >= 0.6 is 0 Å². The van der Waals surface area contributed by atoms with Crippen molar-refractivity contribution in [3.8, 4) is 5.75 Å². The molecule has 0 spiro atoms. The Kier molecular flexibility index (Phi) is 4.62. The van der Waals surface area contributed by atoms with Crippen molar-refractivity contribution >= 4 is 5.91 Å². The van der Waals surface area contributed by atoms with E-state index in [1.54, 1.807) is 0 Å². The van der Waals surface area contributed by atoms with Gasteiger partial charge in [0.1, 0.15) is 11.9 Å². The number of benzene rings is 1. The van der Waals surface area contributed by atoms with E-state index in [1.807, 2.05) is 55.2 Å². The van der Waals surface area contributed by atoms with Crippen LogP contribution in [0.3, 0.4) is 0 Å². The van der Waals surface area contributed by atoms with Crippen molar-refractivity contribution in [1.29, 1.82) is 0 Å². The molecule has 1 amide bonds. The highest BCUT2D eigenvalue weighted by molar-refractivity contribution is 5.78. The van der Waals surface area contributed by atoms with Gasteiger partial charge >= 0.3 is 0 Å². The van der Waals surface area contributed by atoms with E-state index in [2.05, 4.69) is 10.4 Å². The summed E-state index contributed by atoms with van der Waals surface area (Å²) < 4.78 is 13.1. The molecular weight excluding hydrogens is 294 g/mol. The van der Waals surface area contributed by atoms with Crippen LogP contribution < -0.4 is 10.1 Å². The van der Waals surface area contributed by atoms with Crippen LogP contribution in [-0.4, -0.2) is 34.9 Å². The Morgan fingerprint density at radius 3 is 2.91 bits per heavy atom. The third-order valence-electron chi connectivity index (χ3n) is 4.13. The Labute approximate surface area is 135 Å². The number of carbonyl (C=O) groups excluding carboxylic acids is 1. The van der Waals surface area contributed by atoms with E-state index >= 15 is 0 Å². The predicted molar refractivity (Wildman–Crippen MR) is 85.1 cm³/mol. The van der Waals surface area contributed by atoms with Gasteiger partial charge in [-0.05, 0) is 25.5 Å². The Bertz CT molecular complexity index is 669. The number of para-hydroxylation sites is 1. The summed E-state index contributed by atoms with van der Waals surface area (Å²) in [5.74, 6) is 0.542. The van der Waals surface area contributed by atoms with Crippen molar-refractivity contribution < 1.29 is 14.3 Å². The predicted octanol–water partition coefficient (Wildman–Crippen LogP) is 1.75.